The van der Waals surface area contributed by atoms with Crippen molar-refractivity contribution in [1.29, 1.82) is 0 Å². The summed E-state index contributed by atoms with van der Waals surface area (Å²) < 4.78 is 48.9. The lowest BCUT2D eigenvalue weighted by Crippen LogP contribution is -2.44. The average Bonchev–Trinajstić information content (AvgIpc) is 2.78. The van der Waals surface area contributed by atoms with Crippen molar-refractivity contribution in [3.63, 3.8) is 0 Å². The maximum absolute atomic E-state index is 13.1. The predicted octanol–water partition coefficient (Wildman–Crippen LogP) is 4.04. The average molecular weight is 336 g/mol. The molecule has 0 aromatic rings. The first-order valence-corrected chi connectivity index (χ1v) is 10.5. The normalized spacial score (nSPS) is 31.1. The van der Waals surface area contributed by atoms with E-state index < -0.39 is 44.3 Å². The van der Waals surface area contributed by atoms with Crippen LogP contribution in [0.1, 0.15) is 34.6 Å². The summed E-state index contributed by atoms with van der Waals surface area (Å²) in [7, 11) is -1.98. The monoisotopic (exact) mass is 336 g/mol. The summed E-state index contributed by atoms with van der Waals surface area (Å²) in [6.45, 7) is 14.3. The molecular weight excluding hydrogens is 310 g/mol. The Morgan fingerprint density at radius 3 is 2.32 bits per heavy atom. The van der Waals surface area contributed by atoms with Crippen molar-refractivity contribution in [2.75, 3.05) is 6.61 Å². The van der Waals surface area contributed by atoms with Gasteiger partial charge in [0.05, 0.1) is 6.61 Å². The van der Waals surface area contributed by atoms with Crippen molar-refractivity contribution in [2.45, 2.75) is 76.8 Å². The second-order valence-corrected chi connectivity index (χ2v) is 12.7. The van der Waals surface area contributed by atoms with Gasteiger partial charge in [-0.05, 0) is 32.0 Å². The molecule has 3 atom stereocenters. The highest BCUT2D eigenvalue weighted by Crippen LogP contribution is 2.43. The van der Waals surface area contributed by atoms with Gasteiger partial charge in [0.1, 0.15) is 12.2 Å². The van der Waals surface area contributed by atoms with Crippen LogP contribution in [0.15, 0.2) is 11.8 Å². The molecule has 0 aromatic heterocycles. The Bertz CT molecular complexity index is 467. The highest BCUT2D eigenvalue weighted by Gasteiger charge is 2.55. The van der Waals surface area contributed by atoms with E-state index in [1.807, 2.05) is 0 Å². The smallest absolute Gasteiger partial charge is 0.310 e. The molecule has 0 radical (unpaired) electrons. The molecule has 2 heterocycles. The molecule has 0 unspecified atom stereocenters. The fraction of sp³-hybridized carbons (Fsp3) is 0.867. The first-order valence-electron chi connectivity index (χ1n) is 7.55. The fourth-order valence-electron chi connectivity index (χ4n) is 2.35. The number of rotatable bonds is 3. The second kappa shape index (κ2) is 5.54. The topological polar surface area (TPSA) is 36.9 Å². The summed E-state index contributed by atoms with van der Waals surface area (Å²) in [5, 5.41) is 0.0430. The predicted molar refractivity (Wildman–Crippen MR) is 81.1 cm³/mol. The zero-order chi connectivity index (χ0) is 16.9. The minimum Gasteiger partial charge on any atom is -0.481 e. The molecule has 2 aliphatic rings. The Balaban J connectivity index is 2.11. The SMILES string of the molecule is CC1(C)O[C@@H]2[C@@H](CO[Si](C)(C)C(C)(C)C)OC(=C(F)F)[C@@H]2O1. The summed E-state index contributed by atoms with van der Waals surface area (Å²) in [6.07, 6.45) is -3.84. The maximum Gasteiger partial charge on any atom is 0.310 e. The van der Waals surface area contributed by atoms with Crippen molar-refractivity contribution < 1.29 is 27.4 Å². The Labute approximate surface area is 131 Å². The minimum atomic E-state index is -1.98. The van der Waals surface area contributed by atoms with Gasteiger partial charge in [-0.1, -0.05) is 20.8 Å². The summed E-state index contributed by atoms with van der Waals surface area (Å²) in [4.78, 5) is 0. The molecule has 0 N–H and O–H groups in total. The van der Waals surface area contributed by atoms with Gasteiger partial charge in [-0.15, -0.1) is 0 Å². The zero-order valence-corrected chi connectivity index (χ0v) is 15.3. The quantitative estimate of drug-likeness (QED) is 0.729. The number of fused-ring (bicyclic) bond motifs is 1. The van der Waals surface area contributed by atoms with Crippen LogP contribution >= 0.6 is 0 Å². The molecule has 0 aromatic carbocycles. The van der Waals surface area contributed by atoms with E-state index in [1.54, 1.807) is 13.8 Å². The largest absolute Gasteiger partial charge is 0.481 e. The van der Waals surface area contributed by atoms with Crippen LogP contribution in [0.3, 0.4) is 0 Å². The van der Waals surface area contributed by atoms with Crippen molar-refractivity contribution >= 4 is 8.32 Å². The van der Waals surface area contributed by atoms with Gasteiger partial charge in [0, 0.05) is 0 Å². The number of ether oxygens (including phenoxy) is 3. The van der Waals surface area contributed by atoms with E-state index in [0.717, 1.165) is 0 Å². The summed E-state index contributed by atoms with van der Waals surface area (Å²) in [5.74, 6) is -1.31. The lowest BCUT2D eigenvalue weighted by Gasteiger charge is -2.37. The van der Waals surface area contributed by atoms with Gasteiger partial charge in [0.25, 0.3) is 0 Å². The van der Waals surface area contributed by atoms with Gasteiger partial charge in [-0.2, -0.15) is 8.78 Å². The number of halogens is 2. The summed E-state index contributed by atoms with van der Waals surface area (Å²) >= 11 is 0. The van der Waals surface area contributed by atoms with Crippen LogP contribution in [-0.2, 0) is 18.6 Å². The van der Waals surface area contributed by atoms with E-state index in [4.69, 9.17) is 18.6 Å². The van der Waals surface area contributed by atoms with Gasteiger partial charge in [0.2, 0.25) is 0 Å². The van der Waals surface area contributed by atoms with E-state index in [-0.39, 0.29) is 11.6 Å². The maximum atomic E-state index is 13.1. The van der Waals surface area contributed by atoms with Gasteiger partial charge < -0.3 is 18.6 Å². The Morgan fingerprint density at radius 2 is 1.82 bits per heavy atom. The third-order valence-corrected chi connectivity index (χ3v) is 9.13. The second-order valence-electron chi connectivity index (χ2n) is 7.87. The molecule has 0 saturated carbocycles. The van der Waals surface area contributed by atoms with Crippen LogP contribution in [0.4, 0.5) is 8.78 Å². The van der Waals surface area contributed by atoms with Crippen LogP contribution in [0.5, 0.6) is 0 Å². The molecule has 2 fully saturated rings. The van der Waals surface area contributed by atoms with Gasteiger partial charge in [-0.25, -0.2) is 0 Å². The van der Waals surface area contributed by atoms with Gasteiger partial charge in [-0.3, -0.25) is 0 Å². The third kappa shape index (κ3) is 3.37. The highest BCUT2D eigenvalue weighted by molar-refractivity contribution is 6.74. The van der Waals surface area contributed by atoms with E-state index in [2.05, 4.69) is 33.9 Å². The lowest BCUT2D eigenvalue weighted by atomic mass is 10.1. The van der Waals surface area contributed by atoms with E-state index in [1.165, 1.54) is 0 Å². The van der Waals surface area contributed by atoms with Gasteiger partial charge in [0.15, 0.2) is 26.0 Å². The van der Waals surface area contributed by atoms with Crippen molar-refractivity contribution in [1.82, 2.24) is 0 Å². The number of hydrogen-bond acceptors (Lipinski definition) is 4. The van der Waals surface area contributed by atoms with Gasteiger partial charge >= 0.3 is 6.08 Å². The van der Waals surface area contributed by atoms with E-state index in [9.17, 15) is 8.78 Å². The molecule has 2 saturated heterocycles. The summed E-state index contributed by atoms with van der Waals surface area (Å²) in [5.41, 5.74) is 0. The molecule has 128 valence electrons. The molecule has 0 bridgehead atoms. The van der Waals surface area contributed by atoms with Crippen molar-refractivity contribution in [2.24, 2.45) is 0 Å². The Morgan fingerprint density at radius 1 is 1.23 bits per heavy atom. The lowest BCUT2D eigenvalue weighted by molar-refractivity contribution is -0.169. The van der Waals surface area contributed by atoms with Crippen LogP contribution in [0, 0.1) is 0 Å². The third-order valence-electron chi connectivity index (χ3n) is 4.63. The molecule has 4 nitrogen and oxygen atoms in total. The molecule has 2 aliphatic heterocycles. The molecule has 2 rings (SSSR count). The van der Waals surface area contributed by atoms with Crippen LogP contribution in [0.2, 0.25) is 18.1 Å². The van der Waals surface area contributed by atoms with Crippen LogP contribution in [-0.4, -0.2) is 39.0 Å². The molecule has 0 spiro atoms. The van der Waals surface area contributed by atoms with Crippen molar-refractivity contribution in [3.05, 3.63) is 11.8 Å². The minimum absolute atomic E-state index is 0.0430. The van der Waals surface area contributed by atoms with Crippen LogP contribution < -0.4 is 0 Å². The first-order chi connectivity index (χ1) is 9.84. The van der Waals surface area contributed by atoms with Crippen LogP contribution in [0.25, 0.3) is 0 Å². The van der Waals surface area contributed by atoms with E-state index >= 15 is 0 Å². The first kappa shape index (κ1) is 17.8. The molecule has 22 heavy (non-hydrogen) atoms. The molecule has 7 heteroatoms. The molecule has 0 amide bonds. The zero-order valence-electron chi connectivity index (χ0n) is 14.3. The molecule has 0 aliphatic carbocycles. The Kier molecular flexibility index (Phi) is 4.49. The van der Waals surface area contributed by atoms with Crippen molar-refractivity contribution in [3.8, 4) is 0 Å². The Hall–Kier alpha value is -0.503. The molecular formula is C15H26F2O4Si. The fourth-order valence-corrected chi connectivity index (χ4v) is 3.36. The standard InChI is InChI=1S/C15H26F2O4Si/c1-14(2,3)22(6,7)18-8-9-10-11(12(19-9)13(16)17)21-15(4,5)20-10/h9-11H,8H2,1-7H3/t9-,10-,11-/m1/s1. The van der Waals surface area contributed by atoms with E-state index in [0.29, 0.717) is 0 Å². The highest BCUT2D eigenvalue weighted by atomic mass is 28.4. The number of hydrogen-bond donors (Lipinski definition) is 0. The summed E-state index contributed by atoms with van der Waals surface area (Å²) in [6, 6.07) is 0.